The second-order valence-corrected chi connectivity index (χ2v) is 6.48. The van der Waals surface area contributed by atoms with Crippen molar-refractivity contribution in [3.63, 3.8) is 0 Å². The summed E-state index contributed by atoms with van der Waals surface area (Å²) in [4.78, 5) is 14.7. The normalized spacial score (nSPS) is 20.6. The van der Waals surface area contributed by atoms with Crippen molar-refractivity contribution in [3.8, 4) is 0 Å². The molecule has 2 heterocycles. The lowest BCUT2D eigenvalue weighted by Gasteiger charge is -2.33. The van der Waals surface area contributed by atoms with E-state index in [0.29, 0.717) is 30.4 Å². The summed E-state index contributed by atoms with van der Waals surface area (Å²) in [6.07, 6.45) is 2.92. The highest BCUT2D eigenvalue weighted by molar-refractivity contribution is 6.30. The number of nitrogens with zero attached hydrogens (tertiary/aromatic N) is 2. The first-order valence-electron chi connectivity index (χ1n) is 7.95. The molecule has 5 nitrogen and oxygen atoms in total. The first-order valence-corrected chi connectivity index (χ1v) is 8.32. The van der Waals surface area contributed by atoms with E-state index in [-0.39, 0.29) is 12.0 Å². The van der Waals surface area contributed by atoms with Crippen LogP contribution >= 0.6 is 11.6 Å². The molecule has 1 atom stereocenters. The molecule has 1 aromatic carbocycles. The van der Waals surface area contributed by atoms with Crippen LogP contribution in [-0.2, 0) is 17.6 Å². The minimum absolute atomic E-state index is 0.00617. The number of carbonyl (C=O) groups excluding carboxylic acids is 1. The quantitative estimate of drug-likeness (QED) is 0.920. The number of aromatic nitrogens is 2. The standard InChI is InChI=1S/C17H18ClN3O2/c18-12-6-4-11(5-7-12)15-10-21(8-9-23-15)17(22)16-13-2-1-3-14(13)19-20-16/h4-7,15H,1-3,8-10H2,(H,19,20)/t15-/m0/s1. The van der Waals surface area contributed by atoms with Crippen molar-refractivity contribution >= 4 is 17.5 Å². The third kappa shape index (κ3) is 2.75. The minimum atomic E-state index is -0.114. The number of carbonyl (C=O) groups is 1. The maximum atomic E-state index is 12.8. The van der Waals surface area contributed by atoms with Gasteiger partial charge in [0.25, 0.3) is 5.91 Å². The Morgan fingerprint density at radius 2 is 2.13 bits per heavy atom. The molecule has 0 spiro atoms. The van der Waals surface area contributed by atoms with Crippen LogP contribution in [0.2, 0.25) is 5.02 Å². The Balaban J connectivity index is 1.52. The molecule has 2 aromatic rings. The predicted molar refractivity (Wildman–Crippen MR) is 86.7 cm³/mol. The van der Waals surface area contributed by atoms with Crippen LogP contribution in [0.25, 0.3) is 0 Å². The highest BCUT2D eigenvalue weighted by atomic mass is 35.5. The second kappa shape index (κ2) is 5.98. The zero-order valence-electron chi connectivity index (χ0n) is 12.7. The van der Waals surface area contributed by atoms with Gasteiger partial charge < -0.3 is 9.64 Å². The Labute approximate surface area is 139 Å². The summed E-state index contributed by atoms with van der Waals surface area (Å²) in [7, 11) is 0. The number of aromatic amines is 1. The van der Waals surface area contributed by atoms with E-state index in [2.05, 4.69) is 10.2 Å². The zero-order valence-corrected chi connectivity index (χ0v) is 13.5. The van der Waals surface area contributed by atoms with Gasteiger partial charge in [0.15, 0.2) is 5.69 Å². The first kappa shape index (κ1) is 14.7. The van der Waals surface area contributed by atoms with Crippen molar-refractivity contribution in [1.82, 2.24) is 15.1 Å². The van der Waals surface area contributed by atoms with Crippen LogP contribution in [0.3, 0.4) is 0 Å². The van der Waals surface area contributed by atoms with Crippen molar-refractivity contribution < 1.29 is 9.53 Å². The van der Waals surface area contributed by atoms with Crippen LogP contribution in [0, 0.1) is 0 Å². The summed E-state index contributed by atoms with van der Waals surface area (Å²) in [5.41, 5.74) is 3.86. The Hall–Kier alpha value is -1.85. The molecule has 0 saturated carbocycles. The summed E-state index contributed by atoms with van der Waals surface area (Å²) in [6, 6.07) is 7.60. The van der Waals surface area contributed by atoms with Gasteiger partial charge in [-0.3, -0.25) is 9.89 Å². The highest BCUT2D eigenvalue weighted by Gasteiger charge is 2.30. The molecular weight excluding hydrogens is 314 g/mol. The number of H-pyrrole nitrogens is 1. The molecular formula is C17H18ClN3O2. The minimum Gasteiger partial charge on any atom is -0.370 e. The van der Waals surface area contributed by atoms with Crippen LogP contribution in [0.4, 0.5) is 0 Å². The molecule has 4 rings (SSSR count). The van der Waals surface area contributed by atoms with Gasteiger partial charge in [-0.05, 0) is 37.0 Å². The number of rotatable bonds is 2. The molecule has 1 aliphatic carbocycles. The number of hydrogen-bond donors (Lipinski definition) is 1. The lowest BCUT2D eigenvalue weighted by molar-refractivity contribution is -0.0230. The molecule has 1 amide bonds. The second-order valence-electron chi connectivity index (χ2n) is 6.05. The van der Waals surface area contributed by atoms with Crippen LogP contribution in [0.1, 0.15) is 39.8 Å². The smallest absolute Gasteiger partial charge is 0.274 e. The van der Waals surface area contributed by atoms with Crippen LogP contribution in [0.5, 0.6) is 0 Å². The molecule has 2 aliphatic rings. The predicted octanol–water partition coefficient (Wildman–Crippen LogP) is 2.77. The third-order valence-corrected chi connectivity index (χ3v) is 4.86. The van der Waals surface area contributed by atoms with Gasteiger partial charge >= 0.3 is 0 Å². The van der Waals surface area contributed by atoms with Crippen molar-refractivity contribution in [2.75, 3.05) is 19.7 Å². The third-order valence-electron chi connectivity index (χ3n) is 4.60. The number of fused-ring (bicyclic) bond motifs is 1. The van der Waals surface area contributed by atoms with Gasteiger partial charge in [0.05, 0.1) is 13.2 Å². The van der Waals surface area contributed by atoms with Crippen molar-refractivity contribution in [3.05, 3.63) is 51.8 Å². The number of benzene rings is 1. The maximum absolute atomic E-state index is 12.8. The van der Waals surface area contributed by atoms with Crippen molar-refractivity contribution in [2.45, 2.75) is 25.4 Å². The topological polar surface area (TPSA) is 58.2 Å². The summed E-state index contributed by atoms with van der Waals surface area (Å²) in [5, 5.41) is 7.96. The van der Waals surface area contributed by atoms with E-state index in [1.165, 1.54) is 0 Å². The number of halogens is 1. The van der Waals surface area contributed by atoms with Crippen molar-refractivity contribution in [2.24, 2.45) is 0 Å². The van der Waals surface area contributed by atoms with E-state index in [0.717, 1.165) is 36.1 Å². The number of aryl methyl sites for hydroxylation is 1. The number of nitrogens with one attached hydrogen (secondary N) is 1. The fourth-order valence-electron chi connectivity index (χ4n) is 3.36. The molecule has 6 heteroatoms. The average Bonchev–Trinajstić information content (AvgIpc) is 3.18. The molecule has 1 N–H and O–H groups in total. The number of morpholine rings is 1. The van der Waals surface area contributed by atoms with E-state index >= 15 is 0 Å². The van der Waals surface area contributed by atoms with Gasteiger partial charge in [0.2, 0.25) is 0 Å². The Bertz CT molecular complexity index is 726. The summed E-state index contributed by atoms with van der Waals surface area (Å²) in [6.45, 7) is 1.68. The largest absolute Gasteiger partial charge is 0.370 e. The number of ether oxygens (including phenoxy) is 1. The van der Waals surface area contributed by atoms with E-state index in [1.807, 2.05) is 29.2 Å². The molecule has 1 saturated heterocycles. The molecule has 23 heavy (non-hydrogen) atoms. The Kier molecular flexibility index (Phi) is 3.83. The van der Waals surface area contributed by atoms with Gasteiger partial charge in [-0.15, -0.1) is 0 Å². The van der Waals surface area contributed by atoms with Crippen molar-refractivity contribution in [1.29, 1.82) is 0 Å². The van der Waals surface area contributed by atoms with E-state index in [9.17, 15) is 4.79 Å². The molecule has 1 aromatic heterocycles. The average molecular weight is 332 g/mol. The van der Waals surface area contributed by atoms with E-state index in [4.69, 9.17) is 16.3 Å². The summed E-state index contributed by atoms with van der Waals surface area (Å²) in [5.74, 6) is 0.00617. The Morgan fingerprint density at radius 3 is 2.96 bits per heavy atom. The van der Waals surface area contributed by atoms with E-state index < -0.39 is 0 Å². The van der Waals surface area contributed by atoms with Gasteiger partial charge in [0, 0.05) is 22.8 Å². The van der Waals surface area contributed by atoms with Gasteiger partial charge in [-0.25, -0.2) is 0 Å². The molecule has 1 aliphatic heterocycles. The lowest BCUT2D eigenvalue weighted by atomic mass is 10.1. The molecule has 0 unspecified atom stereocenters. The molecule has 0 bridgehead atoms. The molecule has 0 radical (unpaired) electrons. The lowest BCUT2D eigenvalue weighted by Crippen LogP contribution is -2.42. The van der Waals surface area contributed by atoms with Gasteiger partial charge in [0.1, 0.15) is 6.10 Å². The highest BCUT2D eigenvalue weighted by Crippen LogP contribution is 2.27. The molecule has 1 fully saturated rings. The molecule has 120 valence electrons. The van der Waals surface area contributed by atoms with Gasteiger partial charge in [-0.2, -0.15) is 5.10 Å². The van der Waals surface area contributed by atoms with E-state index in [1.54, 1.807) is 0 Å². The summed E-state index contributed by atoms with van der Waals surface area (Å²) < 4.78 is 5.83. The monoisotopic (exact) mass is 331 g/mol. The zero-order chi connectivity index (χ0) is 15.8. The van der Waals surface area contributed by atoms with Crippen LogP contribution in [0.15, 0.2) is 24.3 Å². The fraction of sp³-hybridized carbons (Fsp3) is 0.412. The van der Waals surface area contributed by atoms with Crippen LogP contribution < -0.4 is 0 Å². The number of hydrogen-bond acceptors (Lipinski definition) is 3. The van der Waals surface area contributed by atoms with Gasteiger partial charge in [-0.1, -0.05) is 23.7 Å². The maximum Gasteiger partial charge on any atom is 0.274 e. The van der Waals surface area contributed by atoms with Crippen LogP contribution in [-0.4, -0.2) is 40.7 Å². The SMILES string of the molecule is O=C(c1n[nH]c2c1CCC2)N1CCO[C@H](c2ccc(Cl)cc2)C1. The Morgan fingerprint density at radius 1 is 1.30 bits per heavy atom. The summed E-state index contributed by atoms with van der Waals surface area (Å²) >= 11 is 5.93. The fourth-order valence-corrected chi connectivity index (χ4v) is 3.48. The number of amides is 1. The first-order chi connectivity index (χ1) is 11.2.